The Morgan fingerprint density at radius 3 is 2.53 bits per heavy atom. The quantitative estimate of drug-likeness (QED) is 0.449. The summed E-state index contributed by atoms with van der Waals surface area (Å²) in [5, 5.41) is 10.0. The molecule has 1 aliphatic carbocycles. The monoisotopic (exact) mass is 459 g/mol. The van der Waals surface area contributed by atoms with E-state index in [0.717, 1.165) is 44.6 Å². The van der Waals surface area contributed by atoms with Gasteiger partial charge >= 0.3 is 0 Å². The third-order valence-electron chi connectivity index (χ3n) is 7.50. The van der Waals surface area contributed by atoms with Gasteiger partial charge in [-0.15, -0.1) is 0 Å². The molecule has 1 heterocycles. The largest absolute Gasteiger partial charge is 0.508 e. The normalized spacial score (nSPS) is 23.4. The fourth-order valence-electron chi connectivity index (χ4n) is 5.87. The van der Waals surface area contributed by atoms with E-state index in [9.17, 15) is 9.50 Å². The summed E-state index contributed by atoms with van der Waals surface area (Å²) in [6.45, 7) is 4.49. The van der Waals surface area contributed by atoms with Crippen molar-refractivity contribution in [1.29, 1.82) is 0 Å². The molecule has 4 atom stereocenters. The highest BCUT2D eigenvalue weighted by atomic mass is 19.1. The van der Waals surface area contributed by atoms with E-state index in [0.29, 0.717) is 11.7 Å². The van der Waals surface area contributed by atoms with Crippen molar-refractivity contribution in [3.8, 4) is 11.5 Å². The molecule has 3 aromatic carbocycles. The van der Waals surface area contributed by atoms with E-state index in [-0.39, 0.29) is 24.6 Å². The molecule has 0 bridgehead atoms. The minimum Gasteiger partial charge on any atom is -0.508 e. The maximum atomic E-state index is 12.9. The van der Waals surface area contributed by atoms with Crippen LogP contribution in [0.1, 0.15) is 53.9 Å². The van der Waals surface area contributed by atoms with Crippen LogP contribution in [0.4, 0.5) is 4.39 Å². The lowest BCUT2D eigenvalue weighted by Crippen LogP contribution is -2.32. The molecule has 3 nitrogen and oxygen atoms in total. The van der Waals surface area contributed by atoms with Gasteiger partial charge in [0.1, 0.15) is 17.6 Å². The van der Waals surface area contributed by atoms with Crippen molar-refractivity contribution < 1.29 is 14.2 Å². The molecule has 1 fully saturated rings. The summed E-state index contributed by atoms with van der Waals surface area (Å²) in [6, 6.07) is 25.1. The topological polar surface area (TPSA) is 32.7 Å². The molecule has 0 radical (unpaired) electrons. The van der Waals surface area contributed by atoms with Crippen molar-refractivity contribution in [3.63, 3.8) is 0 Å². The second-order valence-electron chi connectivity index (χ2n) is 9.98. The second-order valence-corrected chi connectivity index (χ2v) is 9.98. The third-order valence-corrected chi connectivity index (χ3v) is 7.50. The van der Waals surface area contributed by atoms with E-state index in [1.54, 1.807) is 0 Å². The Kier molecular flexibility index (Phi) is 6.87. The van der Waals surface area contributed by atoms with Crippen LogP contribution in [-0.2, 0) is 6.42 Å². The van der Waals surface area contributed by atoms with Crippen LogP contribution in [0, 0.1) is 5.92 Å². The summed E-state index contributed by atoms with van der Waals surface area (Å²) in [6.07, 6.45) is 3.02. The summed E-state index contributed by atoms with van der Waals surface area (Å²) in [5.41, 5.74) is 5.17. The molecule has 34 heavy (non-hydrogen) atoms. The molecule has 1 N–H and O–H groups in total. The van der Waals surface area contributed by atoms with Crippen molar-refractivity contribution in [2.75, 3.05) is 26.3 Å². The van der Waals surface area contributed by atoms with Gasteiger partial charge in [-0.05, 0) is 85.2 Å². The first-order chi connectivity index (χ1) is 16.6. The van der Waals surface area contributed by atoms with Crippen LogP contribution in [0.25, 0.3) is 0 Å². The Bertz CT molecular complexity index is 1080. The lowest BCUT2D eigenvalue weighted by molar-refractivity contribution is 0.158. The van der Waals surface area contributed by atoms with Gasteiger partial charge in [-0.1, -0.05) is 48.5 Å². The number of hydrogen-bond acceptors (Lipinski definition) is 3. The predicted molar refractivity (Wildman–Crippen MR) is 135 cm³/mol. The number of likely N-dealkylation sites (tertiary alicyclic amines) is 1. The van der Waals surface area contributed by atoms with E-state index in [4.69, 9.17) is 4.74 Å². The maximum absolute atomic E-state index is 12.9. The van der Waals surface area contributed by atoms with Crippen molar-refractivity contribution >= 4 is 0 Å². The molecule has 3 aromatic rings. The highest BCUT2D eigenvalue weighted by Gasteiger charge is 2.32. The summed E-state index contributed by atoms with van der Waals surface area (Å²) in [5.74, 6) is 2.02. The molecule has 178 valence electrons. The van der Waals surface area contributed by atoms with Crippen LogP contribution < -0.4 is 4.74 Å². The lowest BCUT2D eigenvalue weighted by atomic mass is 9.69. The number of nitrogens with zero attached hydrogens (tertiary/aromatic N) is 1. The highest BCUT2D eigenvalue weighted by molar-refractivity contribution is 5.48. The van der Waals surface area contributed by atoms with E-state index in [1.807, 2.05) is 12.1 Å². The van der Waals surface area contributed by atoms with Crippen LogP contribution in [0.15, 0.2) is 72.8 Å². The Labute approximate surface area is 202 Å². The molecule has 0 unspecified atom stereocenters. The van der Waals surface area contributed by atoms with Crippen molar-refractivity contribution in [2.24, 2.45) is 5.92 Å². The van der Waals surface area contributed by atoms with Gasteiger partial charge in [0.15, 0.2) is 0 Å². The van der Waals surface area contributed by atoms with E-state index in [1.165, 1.54) is 22.3 Å². The van der Waals surface area contributed by atoms with E-state index in [2.05, 4.69) is 72.5 Å². The Hall–Kier alpha value is -2.85. The number of hydrogen-bond donors (Lipinski definition) is 1. The zero-order chi connectivity index (χ0) is 23.5. The number of aryl methyl sites for hydroxylation is 1. The molecule has 0 aromatic heterocycles. The third kappa shape index (κ3) is 4.97. The van der Waals surface area contributed by atoms with Crippen LogP contribution in [-0.4, -0.2) is 42.4 Å². The molecule has 1 saturated heterocycles. The zero-order valence-corrected chi connectivity index (χ0v) is 19.9. The predicted octanol–water partition coefficient (Wildman–Crippen LogP) is 6.31. The first-order valence-corrected chi connectivity index (χ1v) is 12.5. The van der Waals surface area contributed by atoms with Gasteiger partial charge in [0.25, 0.3) is 0 Å². The van der Waals surface area contributed by atoms with Crippen molar-refractivity contribution in [1.82, 2.24) is 4.90 Å². The van der Waals surface area contributed by atoms with Crippen LogP contribution in [0.3, 0.4) is 0 Å². The number of benzene rings is 3. The van der Waals surface area contributed by atoms with Gasteiger partial charge in [-0.25, -0.2) is 0 Å². The lowest BCUT2D eigenvalue weighted by Gasteiger charge is -2.35. The fourth-order valence-corrected chi connectivity index (χ4v) is 5.87. The molecule has 1 aliphatic heterocycles. The number of fused-ring (bicyclic) bond motifs is 1. The SMILES string of the molecule is C[C@H](CN1CC[C@@H](CF)C1)Oc1ccc([C@H]2c3ccc(O)cc3CC[C@H]2c2ccccc2)cc1. The molecular formula is C30H34FNO2. The Balaban J connectivity index is 1.35. The van der Waals surface area contributed by atoms with E-state index >= 15 is 0 Å². The minimum atomic E-state index is -0.221. The second kappa shape index (κ2) is 10.2. The standard InChI is InChI=1S/C30H34FNO2/c1-21(19-32-16-15-22(18-31)20-32)34-27-11-7-24(8-12-27)30-28(23-5-3-2-4-6-23)13-9-25-17-26(33)10-14-29(25)30/h2-8,10-12,14,17,21-22,28,30,33H,9,13,15-16,18-20H2,1H3/t21-,22+,28+,30-/m1/s1. The van der Waals surface area contributed by atoms with Crippen molar-refractivity contribution in [2.45, 2.75) is 44.1 Å². The Morgan fingerprint density at radius 1 is 1.00 bits per heavy atom. The number of phenolic OH excluding ortho intramolecular Hbond substituents is 1. The number of halogens is 1. The molecule has 0 spiro atoms. The number of rotatable bonds is 7. The molecule has 4 heteroatoms. The average molecular weight is 460 g/mol. The van der Waals surface area contributed by atoms with Gasteiger partial charge in [0.05, 0.1) is 6.67 Å². The molecule has 5 rings (SSSR count). The number of phenols is 1. The number of aromatic hydroxyl groups is 1. The van der Waals surface area contributed by atoms with Crippen LogP contribution >= 0.6 is 0 Å². The number of ether oxygens (including phenoxy) is 1. The van der Waals surface area contributed by atoms with Crippen LogP contribution in [0.5, 0.6) is 11.5 Å². The van der Waals surface area contributed by atoms with Gasteiger partial charge in [0.2, 0.25) is 0 Å². The number of alkyl halides is 1. The van der Waals surface area contributed by atoms with Gasteiger partial charge in [-0.3, -0.25) is 9.29 Å². The summed E-state index contributed by atoms with van der Waals surface area (Å²) in [4.78, 5) is 2.31. The maximum Gasteiger partial charge on any atom is 0.119 e. The fraction of sp³-hybridized carbons (Fsp3) is 0.400. The van der Waals surface area contributed by atoms with Crippen molar-refractivity contribution in [3.05, 3.63) is 95.1 Å². The summed E-state index contributed by atoms with van der Waals surface area (Å²) < 4.78 is 19.1. The van der Waals surface area contributed by atoms with E-state index < -0.39 is 0 Å². The zero-order valence-electron chi connectivity index (χ0n) is 19.9. The molecule has 0 saturated carbocycles. The van der Waals surface area contributed by atoms with Gasteiger partial charge < -0.3 is 9.84 Å². The first kappa shape index (κ1) is 22.9. The molecular weight excluding hydrogens is 425 g/mol. The smallest absolute Gasteiger partial charge is 0.119 e. The van der Waals surface area contributed by atoms with Gasteiger partial charge in [-0.2, -0.15) is 0 Å². The molecule has 0 amide bonds. The first-order valence-electron chi connectivity index (χ1n) is 12.5. The highest BCUT2D eigenvalue weighted by Crippen LogP contribution is 2.47. The van der Waals surface area contributed by atoms with Crippen LogP contribution in [0.2, 0.25) is 0 Å². The summed E-state index contributed by atoms with van der Waals surface area (Å²) in [7, 11) is 0. The minimum absolute atomic E-state index is 0.0552. The Morgan fingerprint density at radius 2 is 1.79 bits per heavy atom. The summed E-state index contributed by atoms with van der Waals surface area (Å²) >= 11 is 0. The van der Waals surface area contributed by atoms with Gasteiger partial charge in [0, 0.05) is 24.9 Å². The average Bonchev–Trinajstić information content (AvgIpc) is 3.31. The molecule has 2 aliphatic rings.